The summed E-state index contributed by atoms with van der Waals surface area (Å²) in [5.41, 5.74) is 1.17. The highest BCUT2D eigenvalue weighted by Crippen LogP contribution is 2.35. The van der Waals surface area contributed by atoms with Gasteiger partial charge < -0.3 is 9.73 Å². The number of nitrogens with zero attached hydrogens (tertiary/aromatic N) is 3. The Morgan fingerprint density at radius 1 is 1.22 bits per heavy atom. The minimum absolute atomic E-state index is 0.228. The minimum atomic E-state index is -0.236. The van der Waals surface area contributed by atoms with E-state index < -0.39 is 0 Å². The normalized spacial score (nSPS) is 15.1. The lowest BCUT2D eigenvalue weighted by Crippen LogP contribution is -2.55. The van der Waals surface area contributed by atoms with Crippen LogP contribution in [0.25, 0.3) is 0 Å². The number of aromatic nitrogens is 3. The number of carbonyl (C=O) groups excluding carboxylic acids is 1. The van der Waals surface area contributed by atoms with E-state index in [1.54, 1.807) is 18.5 Å². The van der Waals surface area contributed by atoms with Crippen molar-refractivity contribution in [3.63, 3.8) is 0 Å². The van der Waals surface area contributed by atoms with E-state index in [4.69, 9.17) is 16.0 Å². The Kier molecular flexibility index (Phi) is 5.13. The fourth-order valence-electron chi connectivity index (χ4n) is 3.07. The van der Waals surface area contributed by atoms with Crippen molar-refractivity contribution in [1.82, 2.24) is 20.3 Å². The van der Waals surface area contributed by atoms with Crippen LogP contribution in [-0.2, 0) is 6.42 Å². The average molecular weight is 401 g/mol. The minimum Gasteiger partial charge on any atom is -0.439 e. The number of hydrogen-bond donors (Lipinski definition) is 1. The molecule has 3 aromatic rings. The standard InChI is InChI=1S/C19H17ClN4O2S/c20-14-5-3-13(4-6-14)11-19(7-1-8-19)24-16(25)15-12-26-18(23-15)27-17-21-9-2-10-22-17/h2-6,9-10,12H,1,7-8,11H2,(H,24,25). The maximum Gasteiger partial charge on any atom is 0.273 e. The molecule has 1 aliphatic carbocycles. The molecule has 6 nitrogen and oxygen atoms in total. The van der Waals surface area contributed by atoms with E-state index in [1.165, 1.54) is 18.0 Å². The number of halogens is 1. The first kappa shape index (κ1) is 18.0. The third-order valence-corrected chi connectivity index (χ3v) is 5.59. The molecule has 0 aliphatic heterocycles. The van der Waals surface area contributed by atoms with Crippen LogP contribution in [-0.4, -0.2) is 26.4 Å². The first-order valence-corrected chi connectivity index (χ1v) is 9.79. The number of amides is 1. The quantitative estimate of drug-likeness (QED) is 0.625. The van der Waals surface area contributed by atoms with Gasteiger partial charge in [-0.15, -0.1) is 0 Å². The van der Waals surface area contributed by atoms with Crippen molar-refractivity contribution >= 4 is 29.3 Å². The molecule has 0 radical (unpaired) electrons. The summed E-state index contributed by atoms with van der Waals surface area (Å²) in [6.07, 6.45) is 8.41. The molecule has 8 heteroatoms. The summed E-state index contributed by atoms with van der Waals surface area (Å²) >= 11 is 7.13. The predicted octanol–water partition coefficient (Wildman–Crippen LogP) is 4.16. The van der Waals surface area contributed by atoms with Crippen molar-refractivity contribution in [2.45, 2.75) is 41.6 Å². The van der Waals surface area contributed by atoms with E-state index in [1.807, 2.05) is 24.3 Å². The van der Waals surface area contributed by atoms with Gasteiger partial charge in [0.15, 0.2) is 10.9 Å². The summed E-state index contributed by atoms with van der Waals surface area (Å²) < 4.78 is 5.38. The molecule has 27 heavy (non-hydrogen) atoms. The van der Waals surface area contributed by atoms with Crippen LogP contribution in [0.2, 0.25) is 5.02 Å². The summed E-state index contributed by atoms with van der Waals surface area (Å²) in [5, 5.41) is 4.72. The molecule has 0 atom stereocenters. The zero-order chi connectivity index (χ0) is 18.7. The summed E-state index contributed by atoms with van der Waals surface area (Å²) in [4.78, 5) is 25.1. The summed E-state index contributed by atoms with van der Waals surface area (Å²) in [6.45, 7) is 0. The second-order valence-corrected chi connectivity index (χ2v) is 7.88. The number of carbonyl (C=O) groups is 1. The van der Waals surface area contributed by atoms with Gasteiger partial charge in [0.2, 0.25) is 0 Å². The highest BCUT2D eigenvalue weighted by atomic mass is 35.5. The molecule has 1 aromatic carbocycles. The monoisotopic (exact) mass is 400 g/mol. The van der Waals surface area contributed by atoms with E-state index >= 15 is 0 Å². The zero-order valence-electron chi connectivity index (χ0n) is 14.4. The van der Waals surface area contributed by atoms with Crippen LogP contribution in [0.15, 0.2) is 63.8 Å². The summed E-state index contributed by atoms with van der Waals surface area (Å²) in [6, 6.07) is 9.48. The molecular weight excluding hydrogens is 384 g/mol. The Balaban J connectivity index is 1.42. The Bertz CT molecular complexity index is 926. The van der Waals surface area contributed by atoms with Gasteiger partial charge in [-0.3, -0.25) is 4.79 Å². The molecule has 1 fully saturated rings. The van der Waals surface area contributed by atoms with Crippen molar-refractivity contribution in [2.24, 2.45) is 0 Å². The van der Waals surface area contributed by atoms with Crippen LogP contribution in [0.5, 0.6) is 0 Å². The highest BCUT2D eigenvalue weighted by molar-refractivity contribution is 7.98. The molecule has 1 saturated carbocycles. The van der Waals surface area contributed by atoms with Crippen LogP contribution in [0, 0.1) is 0 Å². The first-order chi connectivity index (χ1) is 13.1. The van der Waals surface area contributed by atoms with E-state index in [0.29, 0.717) is 15.4 Å². The predicted molar refractivity (Wildman–Crippen MR) is 102 cm³/mol. The molecule has 0 bridgehead atoms. The largest absolute Gasteiger partial charge is 0.439 e. The van der Waals surface area contributed by atoms with E-state index in [0.717, 1.165) is 31.2 Å². The van der Waals surface area contributed by atoms with Gasteiger partial charge in [0.1, 0.15) is 6.26 Å². The maximum atomic E-state index is 12.7. The SMILES string of the molecule is O=C(NC1(Cc2ccc(Cl)cc2)CCC1)c1coc(Sc2ncccn2)n1. The number of oxazole rings is 1. The number of hydrogen-bond acceptors (Lipinski definition) is 6. The number of rotatable bonds is 6. The van der Waals surface area contributed by atoms with Crippen molar-refractivity contribution in [1.29, 1.82) is 0 Å². The second kappa shape index (κ2) is 7.70. The Hall–Kier alpha value is -2.38. The van der Waals surface area contributed by atoms with Crippen LogP contribution in [0.3, 0.4) is 0 Å². The molecule has 0 unspecified atom stereocenters. The highest BCUT2D eigenvalue weighted by Gasteiger charge is 2.39. The molecule has 2 heterocycles. The van der Waals surface area contributed by atoms with E-state index in [9.17, 15) is 4.79 Å². The summed E-state index contributed by atoms with van der Waals surface area (Å²) in [7, 11) is 0. The van der Waals surface area contributed by atoms with Crippen molar-refractivity contribution < 1.29 is 9.21 Å². The molecule has 0 saturated heterocycles. The number of nitrogens with one attached hydrogen (secondary N) is 1. The van der Waals surface area contributed by atoms with Crippen LogP contribution in [0.4, 0.5) is 0 Å². The molecule has 138 valence electrons. The second-order valence-electron chi connectivity index (χ2n) is 6.52. The Morgan fingerprint density at radius 2 is 1.96 bits per heavy atom. The van der Waals surface area contributed by atoms with Crippen molar-refractivity contribution in [3.8, 4) is 0 Å². The lowest BCUT2D eigenvalue weighted by Gasteiger charge is -2.42. The van der Waals surface area contributed by atoms with Gasteiger partial charge >= 0.3 is 0 Å². The van der Waals surface area contributed by atoms with Crippen LogP contribution < -0.4 is 5.32 Å². The maximum absolute atomic E-state index is 12.7. The average Bonchev–Trinajstić information content (AvgIpc) is 3.11. The fraction of sp³-hybridized carbons (Fsp3) is 0.263. The van der Waals surface area contributed by atoms with Gasteiger partial charge in [0, 0.05) is 34.7 Å². The molecule has 0 spiro atoms. The first-order valence-electron chi connectivity index (χ1n) is 8.59. The van der Waals surface area contributed by atoms with Gasteiger partial charge in [-0.2, -0.15) is 4.98 Å². The molecule has 1 amide bonds. The lowest BCUT2D eigenvalue weighted by molar-refractivity contribution is 0.0821. The Labute approximate surface area is 165 Å². The molecule has 1 N–H and O–H groups in total. The van der Waals surface area contributed by atoms with Crippen LogP contribution in [0.1, 0.15) is 35.3 Å². The van der Waals surface area contributed by atoms with Gasteiger partial charge in [0.05, 0.1) is 0 Å². The van der Waals surface area contributed by atoms with Gasteiger partial charge in [0.25, 0.3) is 11.1 Å². The Morgan fingerprint density at radius 3 is 2.63 bits per heavy atom. The summed E-state index contributed by atoms with van der Waals surface area (Å²) in [5.74, 6) is -0.228. The lowest BCUT2D eigenvalue weighted by atomic mass is 9.72. The van der Waals surface area contributed by atoms with Gasteiger partial charge in [-0.05, 0) is 49.4 Å². The molecular formula is C19H17ClN4O2S. The van der Waals surface area contributed by atoms with Crippen molar-refractivity contribution in [2.75, 3.05) is 0 Å². The van der Waals surface area contributed by atoms with E-state index in [-0.39, 0.29) is 17.1 Å². The van der Waals surface area contributed by atoms with Gasteiger partial charge in [-0.1, -0.05) is 23.7 Å². The molecule has 2 aromatic heterocycles. The molecule has 4 rings (SSSR count). The van der Waals surface area contributed by atoms with Crippen LogP contribution >= 0.6 is 23.4 Å². The third kappa shape index (κ3) is 4.31. The molecule has 1 aliphatic rings. The third-order valence-electron chi connectivity index (χ3n) is 4.58. The van der Waals surface area contributed by atoms with E-state index in [2.05, 4.69) is 20.3 Å². The fourth-order valence-corrected chi connectivity index (χ4v) is 3.82. The van der Waals surface area contributed by atoms with Crippen molar-refractivity contribution in [3.05, 3.63) is 65.3 Å². The zero-order valence-corrected chi connectivity index (χ0v) is 16.0. The topological polar surface area (TPSA) is 80.9 Å². The number of benzene rings is 1. The van der Waals surface area contributed by atoms with Gasteiger partial charge in [-0.25, -0.2) is 9.97 Å². The smallest absolute Gasteiger partial charge is 0.273 e.